The number of amides is 3. The number of halogens is 1. The zero-order valence-corrected chi connectivity index (χ0v) is 19.4. The van der Waals surface area contributed by atoms with Crippen LogP contribution in [-0.2, 0) is 16.0 Å². The fraction of sp³-hybridized carbons (Fsp3) is 0.423. The third-order valence-electron chi connectivity index (χ3n) is 6.77. The van der Waals surface area contributed by atoms with Crippen LogP contribution in [0.4, 0.5) is 4.39 Å². The fourth-order valence-electron chi connectivity index (χ4n) is 4.83. The molecule has 180 valence electrons. The molecule has 0 bridgehead atoms. The highest BCUT2D eigenvalue weighted by Crippen LogP contribution is 2.30. The number of carbonyl (C=O) groups is 3. The van der Waals surface area contributed by atoms with Crippen molar-refractivity contribution in [2.75, 3.05) is 33.3 Å². The second kappa shape index (κ2) is 10.2. The van der Waals surface area contributed by atoms with Crippen LogP contribution in [0.2, 0.25) is 0 Å². The minimum Gasteiger partial charge on any atom is -0.496 e. The minimum absolute atomic E-state index is 0.0157. The molecular formula is C26H30FN3O4. The molecule has 1 unspecified atom stereocenters. The van der Waals surface area contributed by atoms with Crippen LogP contribution in [0.5, 0.6) is 5.75 Å². The number of nitrogens with zero attached hydrogens (tertiary/aromatic N) is 2. The van der Waals surface area contributed by atoms with E-state index in [0.717, 1.165) is 5.56 Å². The summed E-state index contributed by atoms with van der Waals surface area (Å²) in [5.74, 6) is 0.140. The van der Waals surface area contributed by atoms with E-state index in [0.29, 0.717) is 69.6 Å². The molecule has 34 heavy (non-hydrogen) atoms. The van der Waals surface area contributed by atoms with Gasteiger partial charge < -0.3 is 19.9 Å². The molecule has 3 amide bonds. The quantitative estimate of drug-likeness (QED) is 0.679. The molecule has 1 atom stereocenters. The van der Waals surface area contributed by atoms with Crippen LogP contribution in [0, 0.1) is 5.82 Å². The van der Waals surface area contributed by atoms with E-state index in [4.69, 9.17) is 4.74 Å². The average molecular weight is 468 g/mol. The lowest BCUT2D eigenvalue weighted by atomic mass is 9.85. The summed E-state index contributed by atoms with van der Waals surface area (Å²) in [6.07, 6.45) is 2.47. The summed E-state index contributed by atoms with van der Waals surface area (Å²) in [5.41, 5.74) is 0.954. The van der Waals surface area contributed by atoms with Gasteiger partial charge in [-0.25, -0.2) is 4.39 Å². The Labute approximate surface area is 198 Å². The summed E-state index contributed by atoms with van der Waals surface area (Å²) in [4.78, 5) is 41.4. The van der Waals surface area contributed by atoms with E-state index in [2.05, 4.69) is 5.32 Å². The SMILES string of the molecule is COc1ccccc1C(=O)N1CCN(C(=O)CCC2(Cc3ccc(F)cc3)CCC(=O)N2)CC1. The Morgan fingerprint density at radius 3 is 2.35 bits per heavy atom. The highest BCUT2D eigenvalue weighted by molar-refractivity contribution is 5.97. The molecule has 4 rings (SSSR count). The topological polar surface area (TPSA) is 79.0 Å². The van der Waals surface area contributed by atoms with Crippen LogP contribution < -0.4 is 10.1 Å². The molecule has 0 radical (unpaired) electrons. The molecule has 2 fully saturated rings. The van der Waals surface area contributed by atoms with Gasteiger partial charge in [0.1, 0.15) is 11.6 Å². The average Bonchev–Trinajstić information content (AvgIpc) is 3.24. The molecule has 7 nitrogen and oxygen atoms in total. The third kappa shape index (κ3) is 5.38. The molecule has 0 saturated carbocycles. The predicted molar refractivity (Wildman–Crippen MR) is 125 cm³/mol. The number of ether oxygens (including phenoxy) is 1. The van der Waals surface area contributed by atoms with Crippen LogP contribution in [0.3, 0.4) is 0 Å². The van der Waals surface area contributed by atoms with Crippen molar-refractivity contribution in [3.05, 3.63) is 65.5 Å². The number of piperazine rings is 1. The first kappa shape index (κ1) is 23.7. The minimum atomic E-state index is -0.494. The van der Waals surface area contributed by atoms with Gasteiger partial charge in [0.25, 0.3) is 5.91 Å². The van der Waals surface area contributed by atoms with Crippen molar-refractivity contribution in [2.45, 2.75) is 37.6 Å². The Bertz CT molecular complexity index is 1050. The van der Waals surface area contributed by atoms with E-state index in [1.165, 1.54) is 12.1 Å². The number of hydrogen-bond acceptors (Lipinski definition) is 4. The molecule has 8 heteroatoms. The van der Waals surface area contributed by atoms with Crippen molar-refractivity contribution < 1.29 is 23.5 Å². The standard InChI is InChI=1S/C26H30FN3O4/c1-34-22-5-3-2-4-21(22)25(33)30-16-14-29(15-17-30)24(32)11-13-26(12-10-23(31)28-26)18-19-6-8-20(27)9-7-19/h2-9H,10-18H2,1H3,(H,28,31). The number of nitrogens with one attached hydrogen (secondary N) is 1. The number of carbonyl (C=O) groups excluding carboxylic acids is 3. The summed E-state index contributed by atoms with van der Waals surface area (Å²) in [6.45, 7) is 1.86. The Morgan fingerprint density at radius 2 is 1.71 bits per heavy atom. The smallest absolute Gasteiger partial charge is 0.257 e. The van der Waals surface area contributed by atoms with Crippen molar-refractivity contribution in [1.29, 1.82) is 0 Å². The maximum atomic E-state index is 13.3. The lowest BCUT2D eigenvalue weighted by Crippen LogP contribution is -2.51. The number of hydrogen-bond donors (Lipinski definition) is 1. The maximum absolute atomic E-state index is 13.3. The zero-order valence-electron chi connectivity index (χ0n) is 19.4. The second-order valence-corrected chi connectivity index (χ2v) is 9.01. The fourth-order valence-corrected chi connectivity index (χ4v) is 4.83. The van der Waals surface area contributed by atoms with Crippen LogP contribution in [-0.4, -0.2) is 66.3 Å². The van der Waals surface area contributed by atoms with Gasteiger partial charge in [-0.3, -0.25) is 14.4 Å². The number of rotatable bonds is 7. The van der Waals surface area contributed by atoms with Crippen molar-refractivity contribution >= 4 is 17.7 Å². The Hall–Kier alpha value is -3.42. The molecule has 1 N–H and O–H groups in total. The number of benzene rings is 2. The molecule has 2 aromatic carbocycles. The monoisotopic (exact) mass is 467 g/mol. The van der Waals surface area contributed by atoms with Gasteiger partial charge in [0.05, 0.1) is 12.7 Å². The zero-order chi connectivity index (χ0) is 24.1. The molecular weight excluding hydrogens is 437 g/mol. The second-order valence-electron chi connectivity index (χ2n) is 9.01. The van der Waals surface area contributed by atoms with Gasteiger partial charge in [-0.15, -0.1) is 0 Å². The first-order valence-corrected chi connectivity index (χ1v) is 11.6. The normalized spacial score (nSPS) is 20.2. The summed E-state index contributed by atoms with van der Waals surface area (Å²) in [7, 11) is 1.54. The lowest BCUT2D eigenvalue weighted by Gasteiger charge is -2.36. The molecule has 0 aromatic heterocycles. The summed E-state index contributed by atoms with van der Waals surface area (Å²) in [6, 6.07) is 13.4. The summed E-state index contributed by atoms with van der Waals surface area (Å²) >= 11 is 0. The first-order chi connectivity index (χ1) is 16.4. The van der Waals surface area contributed by atoms with Crippen LogP contribution in [0.15, 0.2) is 48.5 Å². The van der Waals surface area contributed by atoms with Crippen LogP contribution in [0.25, 0.3) is 0 Å². The first-order valence-electron chi connectivity index (χ1n) is 11.6. The van der Waals surface area contributed by atoms with E-state index in [1.54, 1.807) is 47.2 Å². The van der Waals surface area contributed by atoms with Gasteiger partial charge >= 0.3 is 0 Å². The molecule has 2 heterocycles. The van der Waals surface area contributed by atoms with Crippen molar-refractivity contribution in [1.82, 2.24) is 15.1 Å². The lowest BCUT2D eigenvalue weighted by molar-refractivity contribution is -0.133. The van der Waals surface area contributed by atoms with Gasteiger partial charge in [-0.2, -0.15) is 0 Å². The molecule has 0 aliphatic carbocycles. The van der Waals surface area contributed by atoms with Gasteiger partial charge in [0.15, 0.2) is 0 Å². The van der Waals surface area contributed by atoms with E-state index in [1.807, 2.05) is 6.07 Å². The Morgan fingerprint density at radius 1 is 1.03 bits per heavy atom. The van der Waals surface area contributed by atoms with E-state index in [-0.39, 0.29) is 23.5 Å². The largest absolute Gasteiger partial charge is 0.496 e. The van der Waals surface area contributed by atoms with Gasteiger partial charge in [-0.1, -0.05) is 24.3 Å². The number of methoxy groups -OCH3 is 1. The van der Waals surface area contributed by atoms with Crippen molar-refractivity contribution in [3.8, 4) is 5.75 Å². The molecule has 2 saturated heterocycles. The van der Waals surface area contributed by atoms with Crippen molar-refractivity contribution in [3.63, 3.8) is 0 Å². The maximum Gasteiger partial charge on any atom is 0.257 e. The van der Waals surface area contributed by atoms with Crippen molar-refractivity contribution in [2.24, 2.45) is 0 Å². The number of para-hydroxylation sites is 1. The molecule has 2 aliphatic heterocycles. The molecule has 2 aliphatic rings. The Kier molecular flexibility index (Phi) is 7.14. The Balaban J connectivity index is 1.32. The van der Waals surface area contributed by atoms with E-state index < -0.39 is 5.54 Å². The molecule has 0 spiro atoms. The van der Waals surface area contributed by atoms with E-state index in [9.17, 15) is 18.8 Å². The summed E-state index contributed by atoms with van der Waals surface area (Å²) in [5, 5.41) is 3.07. The summed E-state index contributed by atoms with van der Waals surface area (Å²) < 4.78 is 18.6. The predicted octanol–water partition coefficient (Wildman–Crippen LogP) is 2.79. The van der Waals surface area contributed by atoms with Gasteiger partial charge in [0, 0.05) is 44.6 Å². The van der Waals surface area contributed by atoms with E-state index >= 15 is 0 Å². The highest BCUT2D eigenvalue weighted by atomic mass is 19.1. The van der Waals surface area contributed by atoms with Crippen LogP contribution >= 0.6 is 0 Å². The highest BCUT2D eigenvalue weighted by Gasteiger charge is 2.38. The third-order valence-corrected chi connectivity index (χ3v) is 6.77. The molecule has 2 aromatic rings. The van der Waals surface area contributed by atoms with Gasteiger partial charge in [0.2, 0.25) is 11.8 Å². The van der Waals surface area contributed by atoms with Crippen LogP contribution in [0.1, 0.15) is 41.6 Å². The van der Waals surface area contributed by atoms with Gasteiger partial charge in [-0.05, 0) is 49.1 Å².